The van der Waals surface area contributed by atoms with E-state index < -0.39 is 0 Å². The van der Waals surface area contributed by atoms with E-state index in [0.29, 0.717) is 0 Å². The molecule has 0 unspecified atom stereocenters. The number of nitrogens with two attached hydrogens (primary N) is 1. The predicted octanol–water partition coefficient (Wildman–Crippen LogP) is -3.80. The Labute approximate surface area is 74.6 Å². The average molecular weight is 129 g/mol. The first-order valence-electron chi connectivity index (χ1n) is 1.72. The molecule has 40 valence electrons. The standard InChI is InChI=1S/C3H9NS.Al.Li.4H/c4-2-1-3-5;;;;;;/h5H,1-4H2;;;;;;/q;;+1;;;;-1. The number of rotatable bonds is 2. The largest absolute Gasteiger partial charge is 1.00 e. The fourth-order valence-corrected chi connectivity index (χ4v) is 0.274. The molecule has 0 atom stereocenters. The summed E-state index contributed by atoms with van der Waals surface area (Å²) in [5.41, 5.74) is 5.09. The van der Waals surface area contributed by atoms with Gasteiger partial charge in [-0.25, -0.2) is 0 Å². The predicted molar refractivity (Wildman–Crippen MR) is 38.6 cm³/mol. The minimum absolute atomic E-state index is 0. The monoisotopic (exact) mass is 129 g/mol. The van der Waals surface area contributed by atoms with Gasteiger partial charge in [-0.3, -0.25) is 0 Å². The van der Waals surface area contributed by atoms with Gasteiger partial charge in [0.1, 0.15) is 0 Å². The first-order valence-corrected chi connectivity index (χ1v) is 2.36. The van der Waals surface area contributed by atoms with E-state index >= 15 is 0 Å². The van der Waals surface area contributed by atoms with Crippen molar-refractivity contribution in [1.29, 1.82) is 0 Å². The first-order chi connectivity index (χ1) is 2.41. The second kappa shape index (κ2) is 15.7. The summed E-state index contributed by atoms with van der Waals surface area (Å²) in [5.74, 6) is 0.913. The van der Waals surface area contributed by atoms with Crippen LogP contribution in [0.4, 0.5) is 0 Å². The van der Waals surface area contributed by atoms with Crippen LogP contribution in [-0.2, 0) is 0 Å². The molecule has 0 amide bonds. The van der Waals surface area contributed by atoms with Crippen molar-refractivity contribution in [3.63, 3.8) is 0 Å². The minimum atomic E-state index is 0. The third-order valence-corrected chi connectivity index (χ3v) is 0.678. The molecular formula is C3H13AlLiNS. The summed E-state index contributed by atoms with van der Waals surface area (Å²) in [4.78, 5) is 0. The van der Waals surface area contributed by atoms with Gasteiger partial charge in [-0.05, 0) is 18.7 Å². The quantitative estimate of drug-likeness (QED) is 0.290. The van der Waals surface area contributed by atoms with Crippen LogP contribution in [0.1, 0.15) is 7.85 Å². The zero-order valence-electron chi connectivity index (χ0n) is 5.15. The molecule has 0 saturated heterocycles. The van der Waals surface area contributed by atoms with Gasteiger partial charge in [0, 0.05) is 0 Å². The molecule has 0 fully saturated rings. The van der Waals surface area contributed by atoms with Crippen LogP contribution in [-0.4, -0.2) is 29.7 Å². The molecule has 1 nitrogen and oxygen atoms in total. The molecule has 0 saturated carbocycles. The Morgan fingerprint density at radius 1 is 1.57 bits per heavy atom. The van der Waals surface area contributed by atoms with Crippen molar-refractivity contribution in [3.05, 3.63) is 0 Å². The number of hydrogen-bond donors (Lipinski definition) is 2. The van der Waals surface area contributed by atoms with E-state index in [1.165, 1.54) is 0 Å². The summed E-state index contributed by atoms with van der Waals surface area (Å²) in [6.45, 7) is 0.767. The minimum Gasteiger partial charge on any atom is -1.00 e. The van der Waals surface area contributed by atoms with E-state index in [-0.39, 0.29) is 37.6 Å². The fourth-order valence-electron chi connectivity index (χ4n) is 0.0913. The Hall–Kier alpha value is 1.44. The maximum absolute atomic E-state index is 5.09. The molecule has 0 aromatic heterocycles. The van der Waals surface area contributed by atoms with Crippen molar-refractivity contribution in [1.82, 2.24) is 0 Å². The second-order valence-electron chi connectivity index (χ2n) is 0.866. The van der Waals surface area contributed by atoms with E-state index in [1.54, 1.807) is 0 Å². The Morgan fingerprint density at radius 3 is 2.00 bits per heavy atom. The Kier molecular flexibility index (Phi) is 35.3. The van der Waals surface area contributed by atoms with Gasteiger partial charge in [-0.1, -0.05) is 0 Å². The molecule has 0 aliphatic carbocycles. The zero-order chi connectivity index (χ0) is 4.12. The number of hydrogen-bond acceptors (Lipinski definition) is 2. The molecule has 0 aliphatic heterocycles. The summed E-state index contributed by atoms with van der Waals surface area (Å²) in [7, 11) is 0. The fraction of sp³-hybridized carbons (Fsp3) is 1.00. The normalized spacial score (nSPS) is 6.00. The molecule has 0 bridgehead atoms. The summed E-state index contributed by atoms with van der Waals surface area (Å²) < 4.78 is 0. The molecule has 2 N–H and O–H groups in total. The molecule has 0 aliphatic rings. The molecule has 0 aromatic rings. The maximum atomic E-state index is 5.09. The topological polar surface area (TPSA) is 26.0 Å². The van der Waals surface area contributed by atoms with Gasteiger partial charge in [0.25, 0.3) is 0 Å². The molecule has 0 heterocycles. The van der Waals surface area contributed by atoms with Crippen LogP contribution in [0, 0.1) is 0 Å². The van der Waals surface area contributed by atoms with Crippen LogP contribution in [0.3, 0.4) is 0 Å². The SMILES string of the molecule is NCCCS.[AlH3].[H-].[Li+]. The Balaban J connectivity index is -0.0000000267. The van der Waals surface area contributed by atoms with Crippen LogP contribution >= 0.6 is 12.6 Å². The molecule has 0 spiro atoms. The van der Waals surface area contributed by atoms with E-state index in [0.717, 1.165) is 18.7 Å². The first kappa shape index (κ1) is 15.8. The van der Waals surface area contributed by atoms with Gasteiger partial charge in [0.05, 0.1) is 0 Å². The smallest absolute Gasteiger partial charge is 1.00 e. The summed E-state index contributed by atoms with van der Waals surface area (Å²) >= 11 is 3.92. The molecule has 0 radical (unpaired) electrons. The van der Waals surface area contributed by atoms with Gasteiger partial charge >= 0.3 is 18.9 Å². The van der Waals surface area contributed by atoms with Crippen molar-refractivity contribution in [2.45, 2.75) is 6.42 Å². The van der Waals surface area contributed by atoms with E-state index in [4.69, 9.17) is 5.73 Å². The van der Waals surface area contributed by atoms with Crippen LogP contribution in [0.15, 0.2) is 0 Å². The van der Waals surface area contributed by atoms with Crippen LogP contribution in [0.25, 0.3) is 0 Å². The van der Waals surface area contributed by atoms with Crippen molar-refractivity contribution in [2.75, 3.05) is 12.3 Å². The second-order valence-corrected chi connectivity index (χ2v) is 1.31. The van der Waals surface area contributed by atoms with Crippen LogP contribution < -0.4 is 24.6 Å². The summed E-state index contributed by atoms with van der Waals surface area (Å²) in [6, 6.07) is 0. The van der Waals surface area contributed by atoms with Gasteiger partial charge < -0.3 is 7.16 Å². The van der Waals surface area contributed by atoms with Gasteiger partial charge in [0.15, 0.2) is 17.4 Å². The van der Waals surface area contributed by atoms with Crippen molar-refractivity contribution < 1.29 is 20.3 Å². The molecule has 7 heavy (non-hydrogen) atoms. The number of thiol groups is 1. The van der Waals surface area contributed by atoms with Crippen LogP contribution in [0.5, 0.6) is 0 Å². The average Bonchev–Trinajstić information content (AvgIpc) is 1.41. The zero-order valence-corrected chi connectivity index (χ0v) is 5.04. The maximum Gasteiger partial charge on any atom is 1.00 e. The van der Waals surface area contributed by atoms with Gasteiger partial charge in [-0.15, -0.1) is 0 Å². The molecule has 0 rings (SSSR count). The Morgan fingerprint density at radius 2 is 2.00 bits per heavy atom. The van der Waals surface area contributed by atoms with E-state index in [2.05, 4.69) is 12.6 Å². The third kappa shape index (κ3) is 18.6. The summed E-state index contributed by atoms with van der Waals surface area (Å²) in [5, 5.41) is 0. The molecule has 4 heteroatoms. The van der Waals surface area contributed by atoms with Crippen LogP contribution in [0.2, 0.25) is 0 Å². The van der Waals surface area contributed by atoms with Crippen molar-refractivity contribution in [2.24, 2.45) is 5.73 Å². The van der Waals surface area contributed by atoms with Crippen molar-refractivity contribution >= 4 is 30.0 Å². The van der Waals surface area contributed by atoms with Gasteiger partial charge in [0.2, 0.25) is 0 Å². The molecular weight excluding hydrogens is 116 g/mol. The van der Waals surface area contributed by atoms with Crippen molar-refractivity contribution in [3.8, 4) is 0 Å². The summed E-state index contributed by atoms with van der Waals surface area (Å²) in [6.07, 6.45) is 1.03. The van der Waals surface area contributed by atoms with E-state index in [9.17, 15) is 0 Å². The van der Waals surface area contributed by atoms with Gasteiger partial charge in [-0.2, -0.15) is 12.6 Å². The third-order valence-electron chi connectivity index (χ3n) is 0.362. The molecule has 0 aromatic carbocycles. The van der Waals surface area contributed by atoms with E-state index in [1.807, 2.05) is 0 Å². The Bertz CT molecular complexity index is 26.8.